The van der Waals surface area contributed by atoms with Crippen LogP contribution < -0.4 is 9.47 Å². The van der Waals surface area contributed by atoms with Crippen LogP contribution in [0.25, 0.3) is 6.08 Å². The molecule has 0 spiro atoms. The van der Waals surface area contributed by atoms with Crippen molar-refractivity contribution in [3.63, 3.8) is 0 Å². The first-order valence-electron chi connectivity index (χ1n) is 7.28. The molecule has 0 radical (unpaired) electrons. The Kier molecular flexibility index (Phi) is 3.42. The summed E-state index contributed by atoms with van der Waals surface area (Å²) in [7, 11) is 0. The molecule has 124 valence electrons. The lowest BCUT2D eigenvalue weighted by molar-refractivity contribution is -0.385. The fourth-order valence-electron chi connectivity index (χ4n) is 2.54. The second-order valence-corrected chi connectivity index (χ2v) is 5.20. The van der Waals surface area contributed by atoms with Crippen LogP contribution in [-0.4, -0.2) is 23.6 Å². The zero-order valence-electron chi connectivity index (χ0n) is 12.7. The number of carbonyl (C=O) groups excluding carboxylic acids is 1. The number of hydrogen-bond acceptors (Lipinski definition) is 7. The molecule has 0 unspecified atom stereocenters. The quantitative estimate of drug-likeness (QED) is 0.369. The molecule has 2 aromatic carbocycles. The van der Waals surface area contributed by atoms with Crippen molar-refractivity contribution in [1.82, 2.24) is 0 Å². The second kappa shape index (κ2) is 5.75. The van der Waals surface area contributed by atoms with Crippen molar-refractivity contribution in [3.05, 3.63) is 69.4 Å². The Hall–Kier alpha value is -3.68. The fraction of sp³-hybridized carbons (Fsp3) is 0.0588. The van der Waals surface area contributed by atoms with E-state index in [0.29, 0.717) is 5.56 Å². The Bertz CT molecular complexity index is 949. The maximum atomic E-state index is 12.0. The summed E-state index contributed by atoms with van der Waals surface area (Å²) in [6.45, 7) is -0.0887. The van der Waals surface area contributed by atoms with E-state index >= 15 is 0 Å². The summed E-state index contributed by atoms with van der Waals surface area (Å²) < 4.78 is 15.5. The number of nitrogens with zero attached hydrogens (tertiary/aromatic N) is 2. The van der Waals surface area contributed by atoms with Crippen molar-refractivity contribution in [1.29, 1.82) is 0 Å². The Morgan fingerprint density at radius 1 is 1.12 bits per heavy atom. The monoisotopic (exact) mass is 338 g/mol. The Labute approximate surface area is 141 Å². The Morgan fingerprint density at radius 3 is 2.68 bits per heavy atom. The molecule has 0 atom stereocenters. The van der Waals surface area contributed by atoms with Crippen molar-refractivity contribution in [3.8, 4) is 11.5 Å². The van der Waals surface area contributed by atoms with Crippen molar-refractivity contribution in [2.75, 3.05) is 6.79 Å². The minimum atomic E-state index is -0.675. The third-order valence-corrected chi connectivity index (χ3v) is 3.66. The predicted octanol–water partition coefficient (Wildman–Crippen LogP) is 2.67. The fourth-order valence-corrected chi connectivity index (χ4v) is 2.54. The standard InChI is InChI=1S/C17H10N2O6/c20-17-12(18-16(25-17)10-4-2-1-3-5-10)8-11-6-7-13-15(24-9-23-13)14(11)19(21)22/h1-8H,9H2/b12-8+. The number of benzene rings is 2. The molecular weight excluding hydrogens is 328 g/mol. The first-order valence-corrected chi connectivity index (χ1v) is 7.28. The van der Waals surface area contributed by atoms with Gasteiger partial charge in [-0.05, 0) is 30.3 Å². The number of ether oxygens (including phenoxy) is 3. The molecule has 0 aliphatic carbocycles. The molecule has 8 heteroatoms. The molecule has 4 rings (SSSR count). The van der Waals surface area contributed by atoms with Gasteiger partial charge >= 0.3 is 11.7 Å². The van der Waals surface area contributed by atoms with Crippen LogP contribution in [0, 0.1) is 10.1 Å². The highest BCUT2D eigenvalue weighted by Crippen LogP contribution is 2.43. The lowest BCUT2D eigenvalue weighted by Gasteiger charge is -2.01. The van der Waals surface area contributed by atoms with E-state index in [2.05, 4.69) is 4.99 Å². The third-order valence-electron chi connectivity index (χ3n) is 3.66. The number of esters is 1. The van der Waals surface area contributed by atoms with Crippen LogP contribution >= 0.6 is 0 Å². The van der Waals surface area contributed by atoms with Crippen LogP contribution in [0.3, 0.4) is 0 Å². The van der Waals surface area contributed by atoms with Gasteiger partial charge in [0.25, 0.3) is 0 Å². The summed E-state index contributed by atoms with van der Waals surface area (Å²) in [5.41, 5.74) is 0.512. The summed E-state index contributed by atoms with van der Waals surface area (Å²) in [6.07, 6.45) is 1.30. The van der Waals surface area contributed by atoms with Crippen LogP contribution in [0.2, 0.25) is 0 Å². The van der Waals surface area contributed by atoms with Gasteiger partial charge in [-0.3, -0.25) is 10.1 Å². The average Bonchev–Trinajstić information content (AvgIpc) is 3.22. The molecule has 0 saturated carbocycles. The number of carbonyl (C=O) groups is 1. The van der Waals surface area contributed by atoms with E-state index in [1.807, 2.05) is 6.07 Å². The highest BCUT2D eigenvalue weighted by Gasteiger charge is 2.31. The van der Waals surface area contributed by atoms with Gasteiger partial charge < -0.3 is 14.2 Å². The molecule has 0 aromatic heterocycles. The zero-order valence-corrected chi connectivity index (χ0v) is 12.7. The van der Waals surface area contributed by atoms with Crippen molar-refractivity contribution in [2.24, 2.45) is 4.99 Å². The van der Waals surface area contributed by atoms with Crippen LogP contribution in [-0.2, 0) is 9.53 Å². The van der Waals surface area contributed by atoms with Crippen LogP contribution in [0.4, 0.5) is 5.69 Å². The van der Waals surface area contributed by atoms with Gasteiger partial charge in [0.15, 0.2) is 11.4 Å². The van der Waals surface area contributed by atoms with E-state index in [1.165, 1.54) is 12.1 Å². The minimum Gasteiger partial charge on any atom is -0.453 e. The number of hydrogen-bond donors (Lipinski definition) is 0. The van der Waals surface area contributed by atoms with Crippen LogP contribution in [0.1, 0.15) is 11.1 Å². The number of aliphatic imine (C=N–C) groups is 1. The Morgan fingerprint density at radius 2 is 1.92 bits per heavy atom. The largest absolute Gasteiger partial charge is 0.453 e. The molecule has 0 fully saturated rings. The summed E-state index contributed by atoms with van der Waals surface area (Å²) in [4.78, 5) is 27.0. The van der Waals surface area contributed by atoms with Gasteiger partial charge in [-0.25, -0.2) is 9.79 Å². The van der Waals surface area contributed by atoms with Gasteiger partial charge in [0.05, 0.1) is 10.5 Å². The zero-order chi connectivity index (χ0) is 17.4. The van der Waals surface area contributed by atoms with E-state index in [1.54, 1.807) is 30.3 Å². The molecule has 0 saturated heterocycles. The maximum Gasteiger partial charge on any atom is 0.363 e. The highest BCUT2D eigenvalue weighted by atomic mass is 16.7. The number of nitro benzene ring substituents is 1. The van der Waals surface area contributed by atoms with Gasteiger partial charge in [-0.1, -0.05) is 18.2 Å². The molecule has 2 heterocycles. The summed E-state index contributed by atoms with van der Waals surface area (Å²) in [6, 6.07) is 11.9. The van der Waals surface area contributed by atoms with Gasteiger partial charge in [0.1, 0.15) is 0 Å². The molecule has 0 N–H and O–H groups in total. The average molecular weight is 338 g/mol. The number of nitro groups is 1. The summed E-state index contributed by atoms with van der Waals surface area (Å²) >= 11 is 0. The second-order valence-electron chi connectivity index (χ2n) is 5.20. The van der Waals surface area contributed by atoms with E-state index in [-0.39, 0.29) is 41.1 Å². The summed E-state index contributed by atoms with van der Waals surface area (Å²) in [5.74, 6) is -0.194. The van der Waals surface area contributed by atoms with Crippen LogP contribution in [0.15, 0.2) is 53.2 Å². The molecule has 0 bridgehead atoms. The van der Waals surface area contributed by atoms with E-state index in [9.17, 15) is 14.9 Å². The predicted molar refractivity (Wildman–Crippen MR) is 86.3 cm³/mol. The van der Waals surface area contributed by atoms with E-state index < -0.39 is 10.9 Å². The number of cyclic esters (lactones) is 1. The molecule has 8 nitrogen and oxygen atoms in total. The minimum absolute atomic E-state index is 0.0270. The van der Waals surface area contributed by atoms with E-state index in [4.69, 9.17) is 14.2 Å². The van der Waals surface area contributed by atoms with Gasteiger partial charge in [0, 0.05) is 5.56 Å². The van der Waals surface area contributed by atoms with Gasteiger partial charge in [-0.2, -0.15) is 0 Å². The molecule has 2 aliphatic rings. The van der Waals surface area contributed by atoms with Gasteiger partial charge in [-0.15, -0.1) is 0 Å². The molecule has 2 aromatic rings. The maximum absolute atomic E-state index is 12.0. The van der Waals surface area contributed by atoms with E-state index in [0.717, 1.165) is 0 Å². The molecule has 2 aliphatic heterocycles. The molecule has 0 amide bonds. The Balaban J connectivity index is 1.78. The van der Waals surface area contributed by atoms with Crippen molar-refractivity contribution >= 4 is 23.6 Å². The lowest BCUT2D eigenvalue weighted by Crippen LogP contribution is -2.05. The first-order chi connectivity index (χ1) is 12.1. The third kappa shape index (κ3) is 2.59. The van der Waals surface area contributed by atoms with Crippen molar-refractivity contribution < 1.29 is 23.9 Å². The number of fused-ring (bicyclic) bond motifs is 1. The smallest absolute Gasteiger partial charge is 0.363 e. The summed E-state index contributed by atoms with van der Waals surface area (Å²) in [5, 5.41) is 11.4. The molecular formula is C17H10N2O6. The first kappa shape index (κ1) is 14.9. The SMILES string of the molecule is O=C1OC(c2ccccc2)=N/C1=C/c1ccc2c(c1[N+](=O)[O-])OCO2. The number of rotatable bonds is 3. The van der Waals surface area contributed by atoms with Crippen LogP contribution in [0.5, 0.6) is 11.5 Å². The normalized spacial score (nSPS) is 16.7. The lowest BCUT2D eigenvalue weighted by atomic mass is 10.1. The topological polar surface area (TPSA) is 100 Å². The van der Waals surface area contributed by atoms with Crippen molar-refractivity contribution in [2.45, 2.75) is 0 Å². The van der Waals surface area contributed by atoms with Gasteiger partial charge in [0.2, 0.25) is 18.4 Å². The molecule has 25 heavy (non-hydrogen) atoms. The highest BCUT2D eigenvalue weighted by molar-refractivity contribution is 6.13.